The maximum absolute atomic E-state index is 12.4. The molecule has 2 heterocycles. The Hall–Kier alpha value is -2.83. The molecular weight excluding hydrogens is 344 g/mol. The highest BCUT2D eigenvalue weighted by Crippen LogP contribution is 2.28. The van der Waals surface area contributed by atoms with Crippen molar-refractivity contribution in [3.8, 4) is 17.0 Å². The first-order valence-corrected chi connectivity index (χ1v) is 9.27. The number of carbonyl (C=O) groups is 2. The number of fused-ring (bicyclic) bond motifs is 1. The molecule has 0 unspecified atom stereocenters. The fourth-order valence-electron chi connectivity index (χ4n) is 3.02. The van der Waals surface area contributed by atoms with E-state index in [1.807, 2.05) is 30.3 Å². The molecule has 0 radical (unpaired) electrons. The maximum Gasteiger partial charge on any atom is 0.240 e. The third-order valence-corrected chi connectivity index (χ3v) is 4.61. The van der Waals surface area contributed by atoms with Crippen LogP contribution in [0.1, 0.15) is 26.7 Å². The number of methoxy groups -OCH3 is 1. The van der Waals surface area contributed by atoms with Gasteiger partial charge in [-0.1, -0.05) is 13.8 Å². The zero-order valence-corrected chi connectivity index (χ0v) is 16.1. The van der Waals surface area contributed by atoms with E-state index in [-0.39, 0.29) is 18.4 Å². The third-order valence-electron chi connectivity index (χ3n) is 4.61. The van der Waals surface area contributed by atoms with Crippen molar-refractivity contribution in [3.63, 3.8) is 0 Å². The molecule has 3 rings (SSSR count). The molecule has 0 atom stereocenters. The zero-order valence-electron chi connectivity index (χ0n) is 16.1. The van der Waals surface area contributed by atoms with Crippen LogP contribution in [-0.2, 0) is 16.1 Å². The number of rotatable bonds is 7. The summed E-state index contributed by atoms with van der Waals surface area (Å²) >= 11 is 0. The minimum absolute atomic E-state index is 0.0185. The molecule has 0 saturated heterocycles. The molecular formula is C20H26N4O3. The van der Waals surface area contributed by atoms with Gasteiger partial charge in [0.2, 0.25) is 11.8 Å². The van der Waals surface area contributed by atoms with Crippen molar-refractivity contribution in [1.29, 1.82) is 0 Å². The normalized spacial score (nSPS) is 13.6. The number of nitrogens with zero attached hydrogens (tertiary/aromatic N) is 3. The van der Waals surface area contributed by atoms with Crippen molar-refractivity contribution in [2.75, 3.05) is 25.1 Å². The minimum Gasteiger partial charge on any atom is -0.497 e. The molecule has 0 spiro atoms. The summed E-state index contributed by atoms with van der Waals surface area (Å²) in [6.07, 6.45) is 1.26. The second kappa shape index (κ2) is 8.24. The van der Waals surface area contributed by atoms with Crippen molar-refractivity contribution in [1.82, 2.24) is 15.1 Å². The monoisotopic (exact) mass is 370 g/mol. The Balaban J connectivity index is 1.75. The van der Waals surface area contributed by atoms with E-state index in [0.29, 0.717) is 31.2 Å². The average molecular weight is 370 g/mol. The van der Waals surface area contributed by atoms with Crippen LogP contribution in [0.4, 0.5) is 5.82 Å². The lowest BCUT2D eigenvalue weighted by atomic mass is 10.1. The summed E-state index contributed by atoms with van der Waals surface area (Å²) in [5.41, 5.74) is 1.71. The standard InChI is InChI=1S/C20H26N4O3/c1-14(2)8-10-21-18(25)13-23-19-12-17(22-24(19)11-9-20(23)26)15-4-6-16(27-3)7-5-15/h4-7,12,14H,8-11,13H2,1-3H3,(H,21,25). The molecule has 7 nitrogen and oxygen atoms in total. The first kappa shape index (κ1) is 18.9. The molecule has 1 N–H and O–H groups in total. The number of nitrogens with one attached hydrogen (secondary N) is 1. The molecule has 27 heavy (non-hydrogen) atoms. The quantitative estimate of drug-likeness (QED) is 0.812. The van der Waals surface area contributed by atoms with E-state index in [0.717, 1.165) is 23.4 Å². The molecule has 7 heteroatoms. The second-order valence-corrected chi connectivity index (χ2v) is 7.10. The molecule has 1 aliphatic heterocycles. The van der Waals surface area contributed by atoms with Gasteiger partial charge in [-0.05, 0) is 36.6 Å². The molecule has 1 aromatic carbocycles. The smallest absolute Gasteiger partial charge is 0.240 e. The van der Waals surface area contributed by atoms with E-state index in [1.54, 1.807) is 11.8 Å². The number of aromatic nitrogens is 2. The van der Waals surface area contributed by atoms with Crippen LogP contribution in [0.15, 0.2) is 30.3 Å². The molecule has 1 aromatic heterocycles. The molecule has 0 bridgehead atoms. The van der Waals surface area contributed by atoms with Gasteiger partial charge in [-0.3, -0.25) is 14.5 Å². The van der Waals surface area contributed by atoms with Gasteiger partial charge in [0.25, 0.3) is 0 Å². The lowest BCUT2D eigenvalue weighted by molar-refractivity contribution is -0.124. The van der Waals surface area contributed by atoms with Crippen LogP contribution in [0.5, 0.6) is 5.75 Å². The van der Waals surface area contributed by atoms with Gasteiger partial charge in [-0.2, -0.15) is 5.10 Å². The van der Waals surface area contributed by atoms with Crippen molar-refractivity contribution in [2.45, 2.75) is 33.2 Å². The Morgan fingerprint density at radius 2 is 2.04 bits per heavy atom. The molecule has 0 saturated carbocycles. The first-order valence-electron chi connectivity index (χ1n) is 9.27. The summed E-state index contributed by atoms with van der Waals surface area (Å²) in [4.78, 5) is 26.2. The molecule has 1 aliphatic rings. The van der Waals surface area contributed by atoms with Crippen molar-refractivity contribution < 1.29 is 14.3 Å². The second-order valence-electron chi connectivity index (χ2n) is 7.10. The number of amides is 2. The number of hydrogen-bond donors (Lipinski definition) is 1. The topological polar surface area (TPSA) is 76.5 Å². The van der Waals surface area contributed by atoms with Crippen molar-refractivity contribution in [2.24, 2.45) is 5.92 Å². The molecule has 0 fully saturated rings. The van der Waals surface area contributed by atoms with Crippen LogP contribution in [-0.4, -0.2) is 41.8 Å². The lowest BCUT2D eigenvalue weighted by Gasteiger charge is -2.26. The number of anilines is 1. The van der Waals surface area contributed by atoms with Gasteiger partial charge in [0.15, 0.2) is 0 Å². The minimum atomic E-state index is -0.148. The van der Waals surface area contributed by atoms with Gasteiger partial charge in [0.05, 0.1) is 19.3 Å². The van der Waals surface area contributed by atoms with Gasteiger partial charge in [0, 0.05) is 24.6 Å². The van der Waals surface area contributed by atoms with E-state index in [2.05, 4.69) is 24.3 Å². The van der Waals surface area contributed by atoms with Gasteiger partial charge in [-0.15, -0.1) is 0 Å². The zero-order chi connectivity index (χ0) is 19.4. The summed E-state index contributed by atoms with van der Waals surface area (Å²) in [6, 6.07) is 9.47. The number of ether oxygens (including phenoxy) is 1. The SMILES string of the molecule is COc1ccc(-c2cc3n(n2)CCC(=O)N3CC(=O)NCCC(C)C)cc1. The van der Waals surface area contributed by atoms with E-state index in [9.17, 15) is 9.59 Å². The predicted octanol–water partition coefficient (Wildman–Crippen LogP) is 2.46. The third kappa shape index (κ3) is 4.48. The Morgan fingerprint density at radius 3 is 2.70 bits per heavy atom. The largest absolute Gasteiger partial charge is 0.497 e. The van der Waals surface area contributed by atoms with Crippen molar-refractivity contribution >= 4 is 17.6 Å². The molecule has 2 aromatic rings. The number of carbonyl (C=O) groups excluding carboxylic acids is 2. The Kier molecular flexibility index (Phi) is 5.78. The number of aryl methyl sites for hydroxylation is 1. The summed E-state index contributed by atoms with van der Waals surface area (Å²) in [7, 11) is 1.63. The average Bonchev–Trinajstić information content (AvgIpc) is 3.08. The Bertz CT molecular complexity index is 811. The van der Waals surface area contributed by atoms with Crippen LogP contribution >= 0.6 is 0 Å². The fourth-order valence-corrected chi connectivity index (χ4v) is 3.02. The Labute approximate surface area is 159 Å². The van der Waals surface area contributed by atoms with E-state index in [1.165, 1.54) is 4.90 Å². The van der Waals surface area contributed by atoms with Crippen LogP contribution < -0.4 is 15.0 Å². The van der Waals surface area contributed by atoms with E-state index >= 15 is 0 Å². The van der Waals surface area contributed by atoms with Crippen LogP contribution in [0, 0.1) is 5.92 Å². The number of hydrogen-bond acceptors (Lipinski definition) is 4. The van der Waals surface area contributed by atoms with E-state index < -0.39 is 0 Å². The summed E-state index contributed by atoms with van der Waals surface area (Å²) in [6.45, 7) is 5.38. The van der Waals surface area contributed by atoms with E-state index in [4.69, 9.17) is 4.74 Å². The molecule has 144 valence electrons. The molecule has 0 aliphatic carbocycles. The molecule has 2 amide bonds. The van der Waals surface area contributed by atoms with Crippen LogP contribution in [0.3, 0.4) is 0 Å². The van der Waals surface area contributed by atoms with Gasteiger partial charge >= 0.3 is 0 Å². The van der Waals surface area contributed by atoms with Gasteiger partial charge in [-0.25, -0.2) is 4.68 Å². The van der Waals surface area contributed by atoms with Gasteiger partial charge in [0.1, 0.15) is 18.1 Å². The maximum atomic E-state index is 12.4. The highest BCUT2D eigenvalue weighted by atomic mass is 16.5. The predicted molar refractivity (Wildman–Crippen MR) is 104 cm³/mol. The highest BCUT2D eigenvalue weighted by molar-refractivity contribution is 5.99. The van der Waals surface area contributed by atoms with Gasteiger partial charge < -0.3 is 10.1 Å². The summed E-state index contributed by atoms with van der Waals surface area (Å²) in [5, 5.41) is 7.49. The number of benzene rings is 1. The Morgan fingerprint density at radius 1 is 1.30 bits per heavy atom. The summed E-state index contributed by atoms with van der Waals surface area (Å²) < 4.78 is 6.98. The van der Waals surface area contributed by atoms with Crippen LogP contribution in [0.2, 0.25) is 0 Å². The summed E-state index contributed by atoms with van der Waals surface area (Å²) in [5.74, 6) is 1.76. The van der Waals surface area contributed by atoms with Crippen LogP contribution in [0.25, 0.3) is 11.3 Å². The first-order chi connectivity index (χ1) is 13.0. The fraction of sp³-hybridized carbons (Fsp3) is 0.450. The lowest BCUT2D eigenvalue weighted by Crippen LogP contribution is -2.44. The van der Waals surface area contributed by atoms with Crippen molar-refractivity contribution in [3.05, 3.63) is 30.3 Å². The highest BCUT2D eigenvalue weighted by Gasteiger charge is 2.28.